The zero-order chi connectivity index (χ0) is 21.3. The number of nitrogens with one attached hydrogen (secondary N) is 1. The molecule has 2 aliphatic rings. The third-order valence-electron chi connectivity index (χ3n) is 6.35. The molecule has 2 saturated heterocycles. The second kappa shape index (κ2) is 7.97. The third kappa shape index (κ3) is 3.28. The van der Waals surface area contributed by atoms with E-state index in [0.29, 0.717) is 19.4 Å². The number of aromatic nitrogens is 1. The molecule has 2 fully saturated rings. The standard InChI is InChI=1S/C23H26N2O5/c1-3-30-22(28)23(12-15-7-5-4-6-8-15)13-16-9-10-20(23)25(16)21(27)17-11-18(26)19(29-2)14-24-17/h4-8,11,14,16,20H,3,9-10,12-13H2,1-2H3,(H,24,26)/t16-,20+,23+/m1/s1. The number of methoxy groups -OCH3 is 1. The van der Waals surface area contributed by atoms with Gasteiger partial charge in [-0.3, -0.25) is 14.4 Å². The number of fused-ring (bicyclic) bond motifs is 2. The molecule has 1 amide bonds. The maximum Gasteiger partial charge on any atom is 0.314 e. The Hall–Kier alpha value is -3.09. The molecule has 0 saturated carbocycles. The number of carbonyl (C=O) groups is 2. The Bertz CT molecular complexity index is 1000. The molecule has 4 rings (SSSR count). The van der Waals surface area contributed by atoms with Crippen molar-refractivity contribution in [3.8, 4) is 5.75 Å². The van der Waals surface area contributed by atoms with Gasteiger partial charge in [0, 0.05) is 24.3 Å². The SMILES string of the molecule is CCOC(=O)[C@@]1(Cc2ccccc2)C[C@H]2CC[C@@H]1N2C(=O)c1cc(=O)c(OC)c[nH]1. The molecule has 1 N–H and O–H groups in total. The van der Waals surface area contributed by atoms with E-state index in [1.54, 1.807) is 11.8 Å². The summed E-state index contributed by atoms with van der Waals surface area (Å²) in [6, 6.07) is 10.8. The van der Waals surface area contributed by atoms with Gasteiger partial charge in [0.2, 0.25) is 5.43 Å². The number of benzene rings is 1. The van der Waals surface area contributed by atoms with Gasteiger partial charge in [-0.05, 0) is 38.2 Å². The van der Waals surface area contributed by atoms with Crippen LogP contribution in [0.15, 0.2) is 47.4 Å². The van der Waals surface area contributed by atoms with Crippen molar-refractivity contribution in [3.63, 3.8) is 0 Å². The minimum Gasteiger partial charge on any atom is -0.491 e. The van der Waals surface area contributed by atoms with Crippen molar-refractivity contribution in [3.05, 3.63) is 64.1 Å². The largest absolute Gasteiger partial charge is 0.491 e. The first-order valence-corrected chi connectivity index (χ1v) is 10.3. The molecule has 7 heteroatoms. The summed E-state index contributed by atoms with van der Waals surface area (Å²) in [4.78, 5) is 43.3. The van der Waals surface area contributed by atoms with Gasteiger partial charge < -0.3 is 19.4 Å². The summed E-state index contributed by atoms with van der Waals surface area (Å²) in [5, 5.41) is 0. The van der Waals surface area contributed by atoms with E-state index in [2.05, 4.69) is 4.98 Å². The number of nitrogens with zero attached hydrogens (tertiary/aromatic N) is 1. The van der Waals surface area contributed by atoms with Gasteiger partial charge >= 0.3 is 5.97 Å². The summed E-state index contributed by atoms with van der Waals surface area (Å²) >= 11 is 0. The van der Waals surface area contributed by atoms with Crippen molar-refractivity contribution in [2.75, 3.05) is 13.7 Å². The van der Waals surface area contributed by atoms with Crippen molar-refractivity contribution < 1.29 is 19.1 Å². The van der Waals surface area contributed by atoms with Crippen LogP contribution < -0.4 is 10.2 Å². The molecule has 1 aromatic heterocycles. The number of rotatable bonds is 6. The lowest BCUT2D eigenvalue weighted by atomic mass is 9.70. The summed E-state index contributed by atoms with van der Waals surface area (Å²) in [6.07, 6.45) is 4.07. The second-order valence-corrected chi connectivity index (χ2v) is 7.98. The van der Waals surface area contributed by atoms with E-state index in [0.717, 1.165) is 18.4 Å². The second-order valence-electron chi connectivity index (χ2n) is 7.98. The first-order chi connectivity index (χ1) is 14.5. The average Bonchev–Trinajstić information content (AvgIpc) is 3.30. The maximum atomic E-state index is 13.3. The van der Waals surface area contributed by atoms with Crippen LogP contribution in [0, 0.1) is 5.41 Å². The van der Waals surface area contributed by atoms with Crippen LogP contribution in [-0.4, -0.2) is 47.6 Å². The van der Waals surface area contributed by atoms with Gasteiger partial charge in [-0.25, -0.2) is 0 Å². The van der Waals surface area contributed by atoms with Gasteiger partial charge in [0.25, 0.3) is 5.91 Å². The van der Waals surface area contributed by atoms with Gasteiger partial charge in [0.1, 0.15) is 5.69 Å². The molecule has 30 heavy (non-hydrogen) atoms. The van der Waals surface area contributed by atoms with Crippen LogP contribution in [0.2, 0.25) is 0 Å². The smallest absolute Gasteiger partial charge is 0.314 e. The molecule has 2 aliphatic heterocycles. The number of aromatic amines is 1. The van der Waals surface area contributed by atoms with E-state index in [9.17, 15) is 14.4 Å². The number of carbonyl (C=O) groups excluding carboxylic acids is 2. The van der Waals surface area contributed by atoms with Crippen molar-refractivity contribution in [2.45, 2.75) is 44.7 Å². The Kier molecular flexibility index (Phi) is 5.37. The first-order valence-electron chi connectivity index (χ1n) is 10.3. The number of pyridine rings is 1. The minimum atomic E-state index is -0.775. The fourth-order valence-electron chi connectivity index (χ4n) is 5.09. The average molecular weight is 410 g/mol. The summed E-state index contributed by atoms with van der Waals surface area (Å²) in [5.41, 5.74) is 0.121. The molecule has 0 unspecified atom stereocenters. The van der Waals surface area contributed by atoms with Crippen LogP contribution in [0.1, 0.15) is 42.2 Å². The Labute approximate surface area is 175 Å². The fourth-order valence-corrected chi connectivity index (χ4v) is 5.09. The zero-order valence-corrected chi connectivity index (χ0v) is 17.2. The molecule has 7 nitrogen and oxygen atoms in total. The maximum absolute atomic E-state index is 13.3. The summed E-state index contributed by atoms with van der Waals surface area (Å²) in [7, 11) is 1.41. The molecule has 158 valence electrons. The molecule has 0 spiro atoms. The molecule has 1 aromatic carbocycles. The number of esters is 1. The van der Waals surface area contributed by atoms with Gasteiger partial charge in [-0.2, -0.15) is 0 Å². The summed E-state index contributed by atoms with van der Waals surface area (Å²) in [5.74, 6) is -0.357. The normalized spacial score (nSPS) is 24.7. The van der Waals surface area contributed by atoms with Crippen LogP contribution >= 0.6 is 0 Å². The Balaban J connectivity index is 1.68. The van der Waals surface area contributed by atoms with Crippen molar-refractivity contribution in [1.29, 1.82) is 0 Å². The number of hydrogen-bond donors (Lipinski definition) is 1. The van der Waals surface area contributed by atoms with Crippen molar-refractivity contribution in [2.24, 2.45) is 5.41 Å². The number of hydrogen-bond acceptors (Lipinski definition) is 5. The number of amides is 1. The lowest BCUT2D eigenvalue weighted by molar-refractivity contribution is -0.157. The van der Waals surface area contributed by atoms with Gasteiger partial charge in [-0.15, -0.1) is 0 Å². The molecule has 3 atom stereocenters. The first kappa shape index (κ1) is 20.2. The van der Waals surface area contributed by atoms with Crippen molar-refractivity contribution in [1.82, 2.24) is 9.88 Å². The van der Waals surface area contributed by atoms with E-state index in [-0.39, 0.29) is 40.8 Å². The molecular weight excluding hydrogens is 384 g/mol. The highest BCUT2D eigenvalue weighted by Gasteiger charge is 2.62. The Morgan fingerprint density at radius 3 is 2.67 bits per heavy atom. The minimum absolute atomic E-state index is 0.0544. The Morgan fingerprint density at radius 2 is 2.00 bits per heavy atom. The highest BCUT2D eigenvalue weighted by Crippen LogP contribution is 2.52. The van der Waals surface area contributed by atoms with E-state index < -0.39 is 5.41 Å². The van der Waals surface area contributed by atoms with E-state index in [4.69, 9.17) is 9.47 Å². The molecule has 2 bridgehead atoms. The lowest BCUT2D eigenvalue weighted by Crippen LogP contribution is -2.47. The highest BCUT2D eigenvalue weighted by molar-refractivity contribution is 5.94. The van der Waals surface area contributed by atoms with E-state index >= 15 is 0 Å². The molecule has 2 aromatic rings. The topological polar surface area (TPSA) is 88.7 Å². The Morgan fingerprint density at radius 1 is 1.23 bits per heavy atom. The third-order valence-corrected chi connectivity index (χ3v) is 6.35. The lowest BCUT2D eigenvalue weighted by Gasteiger charge is -2.35. The molecule has 0 aliphatic carbocycles. The van der Waals surface area contributed by atoms with Gasteiger partial charge in [-0.1, -0.05) is 30.3 Å². The highest BCUT2D eigenvalue weighted by atomic mass is 16.5. The van der Waals surface area contributed by atoms with Crippen molar-refractivity contribution >= 4 is 11.9 Å². The van der Waals surface area contributed by atoms with Crippen LogP contribution in [0.3, 0.4) is 0 Å². The molecular formula is C23H26N2O5. The van der Waals surface area contributed by atoms with Gasteiger partial charge in [0.15, 0.2) is 5.75 Å². The monoisotopic (exact) mass is 410 g/mol. The summed E-state index contributed by atoms with van der Waals surface area (Å²) in [6.45, 7) is 2.10. The molecule has 3 heterocycles. The number of ether oxygens (including phenoxy) is 2. The van der Waals surface area contributed by atoms with E-state index in [1.165, 1.54) is 19.4 Å². The predicted octanol–water partition coefficient (Wildman–Crippen LogP) is 2.55. The predicted molar refractivity (Wildman–Crippen MR) is 110 cm³/mol. The van der Waals surface area contributed by atoms with Crippen LogP contribution in [-0.2, 0) is 16.0 Å². The van der Waals surface area contributed by atoms with Crippen LogP contribution in [0.25, 0.3) is 0 Å². The van der Waals surface area contributed by atoms with Crippen LogP contribution in [0.4, 0.5) is 0 Å². The fraction of sp³-hybridized carbons (Fsp3) is 0.435. The zero-order valence-electron chi connectivity index (χ0n) is 17.2. The summed E-state index contributed by atoms with van der Waals surface area (Å²) < 4.78 is 10.5. The number of H-pyrrole nitrogens is 1. The van der Waals surface area contributed by atoms with E-state index in [1.807, 2.05) is 30.3 Å². The molecule has 0 radical (unpaired) electrons. The van der Waals surface area contributed by atoms with Crippen LogP contribution in [0.5, 0.6) is 5.75 Å². The van der Waals surface area contributed by atoms with Gasteiger partial charge in [0.05, 0.1) is 19.1 Å². The quantitative estimate of drug-likeness (QED) is 0.740.